The highest BCUT2D eigenvalue weighted by atomic mass is 16.2. The zero-order valence-electron chi connectivity index (χ0n) is 15.2. The van der Waals surface area contributed by atoms with Crippen molar-refractivity contribution in [3.8, 4) is 0 Å². The van der Waals surface area contributed by atoms with E-state index in [9.17, 15) is 14.4 Å². The van der Waals surface area contributed by atoms with Crippen LogP contribution < -0.4 is 16.0 Å². The molecule has 138 valence electrons. The van der Waals surface area contributed by atoms with Crippen LogP contribution in [0.2, 0.25) is 0 Å². The second-order valence-corrected chi connectivity index (χ2v) is 5.53. The van der Waals surface area contributed by atoms with Crippen molar-refractivity contribution in [1.82, 2.24) is 10.2 Å². The quantitative estimate of drug-likeness (QED) is 0.641. The third kappa shape index (κ3) is 7.69. The van der Waals surface area contributed by atoms with Crippen molar-refractivity contribution < 1.29 is 14.4 Å². The molecule has 0 aliphatic heterocycles. The SMILES string of the molecule is CCNC(=O)Nc1cccc(NC(=O)CCCC(=O)N(CC)CC)c1. The molecular weight excluding hydrogens is 320 g/mol. The zero-order chi connectivity index (χ0) is 18.7. The minimum atomic E-state index is -0.291. The van der Waals surface area contributed by atoms with Crippen LogP contribution in [0.4, 0.5) is 16.2 Å². The number of benzene rings is 1. The Morgan fingerprint density at radius 2 is 1.60 bits per heavy atom. The summed E-state index contributed by atoms with van der Waals surface area (Å²) in [6.07, 6.45) is 1.16. The van der Waals surface area contributed by atoms with E-state index >= 15 is 0 Å². The van der Waals surface area contributed by atoms with Gasteiger partial charge in [-0.1, -0.05) is 6.07 Å². The molecule has 0 saturated carbocycles. The summed E-state index contributed by atoms with van der Waals surface area (Å²) < 4.78 is 0. The molecule has 3 N–H and O–H groups in total. The number of hydrogen-bond donors (Lipinski definition) is 3. The topological polar surface area (TPSA) is 90.5 Å². The van der Waals surface area contributed by atoms with Crippen LogP contribution in [-0.4, -0.2) is 42.4 Å². The smallest absolute Gasteiger partial charge is 0.319 e. The summed E-state index contributed by atoms with van der Waals surface area (Å²) >= 11 is 0. The molecule has 0 heterocycles. The molecule has 0 bridgehead atoms. The van der Waals surface area contributed by atoms with Crippen LogP contribution in [0.15, 0.2) is 24.3 Å². The Kier molecular flexibility index (Phi) is 9.06. The maximum Gasteiger partial charge on any atom is 0.319 e. The van der Waals surface area contributed by atoms with E-state index in [0.29, 0.717) is 43.9 Å². The number of nitrogens with zero attached hydrogens (tertiary/aromatic N) is 1. The first-order chi connectivity index (χ1) is 12.0. The van der Waals surface area contributed by atoms with Gasteiger partial charge in [0.2, 0.25) is 11.8 Å². The van der Waals surface area contributed by atoms with Gasteiger partial charge in [-0.2, -0.15) is 0 Å². The van der Waals surface area contributed by atoms with E-state index in [1.54, 1.807) is 29.2 Å². The molecule has 4 amide bonds. The molecule has 1 aromatic rings. The predicted molar refractivity (Wildman–Crippen MR) is 99.5 cm³/mol. The van der Waals surface area contributed by atoms with Gasteiger partial charge in [-0.05, 0) is 45.4 Å². The van der Waals surface area contributed by atoms with Crippen molar-refractivity contribution in [2.45, 2.75) is 40.0 Å². The molecular formula is C18H28N4O3. The van der Waals surface area contributed by atoms with Gasteiger partial charge in [-0.15, -0.1) is 0 Å². The Labute approximate surface area is 149 Å². The average Bonchev–Trinajstić information content (AvgIpc) is 2.56. The first kappa shape index (κ1) is 20.5. The van der Waals surface area contributed by atoms with Gasteiger partial charge in [0.1, 0.15) is 0 Å². The molecule has 1 rings (SSSR count). The molecule has 0 radical (unpaired) electrons. The first-order valence-corrected chi connectivity index (χ1v) is 8.72. The van der Waals surface area contributed by atoms with Crippen LogP contribution in [0, 0.1) is 0 Å². The van der Waals surface area contributed by atoms with Crippen LogP contribution in [0.5, 0.6) is 0 Å². The monoisotopic (exact) mass is 348 g/mol. The number of hydrogen-bond acceptors (Lipinski definition) is 3. The predicted octanol–water partition coefficient (Wildman–Crippen LogP) is 2.81. The Balaban J connectivity index is 2.44. The highest BCUT2D eigenvalue weighted by molar-refractivity contribution is 5.93. The molecule has 25 heavy (non-hydrogen) atoms. The van der Waals surface area contributed by atoms with Crippen molar-refractivity contribution in [2.24, 2.45) is 0 Å². The number of carbonyl (C=O) groups excluding carboxylic acids is 3. The van der Waals surface area contributed by atoms with E-state index in [1.807, 2.05) is 20.8 Å². The first-order valence-electron chi connectivity index (χ1n) is 8.72. The summed E-state index contributed by atoms with van der Waals surface area (Å²) in [6.45, 7) is 7.63. The normalized spacial score (nSPS) is 10.0. The van der Waals surface area contributed by atoms with Crippen LogP contribution >= 0.6 is 0 Å². The van der Waals surface area contributed by atoms with Gasteiger partial charge >= 0.3 is 6.03 Å². The van der Waals surface area contributed by atoms with Gasteiger partial charge in [-0.3, -0.25) is 9.59 Å². The fraction of sp³-hybridized carbons (Fsp3) is 0.500. The van der Waals surface area contributed by atoms with E-state index in [4.69, 9.17) is 0 Å². The number of amides is 4. The van der Waals surface area contributed by atoms with Gasteiger partial charge < -0.3 is 20.9 Å². The maximum absolute atomic E-state index is 12.0. The molecule has 7 nitrogen and oxygen atoms in total. The molecule has 1 aromatic carbocycles. The van der Waals surface area contributed by atoms with E-state index in [-0.39, 0.29) is 24.3 Å². The van der Waals surface area contributed by atoms with E-state index in [0.717, 1.165) is 0 Å². The minimum absolute atomic E-state index is 0.0749. The maximum atomic E-state index is 12.0. The van der Waals surface area contributed by atoms with Crippen LogP contribution in [0.25, 0.3) is 0 Å². The van der Waals surface area contributed by atoms with E-state index in [1.165, 1.54) is 0 Å². The molecule has 0 unspecified atom stereocenters. The van der Waals surface area contributed by atoms with Crippen LogP contribution in [0.3, 0.4) is 0 Å². The van der Waals surface area contributed by atoms with Gasteiger partial charge in [0.15, 0.2) is 0 Å². The summed E-state index contributed by atoms with van der Waals surface area (Å²) in [5.74, 6) is -0.0755. The lowest BCUT2D eigenvalue weighted by Crippen LogP contribution is -2.30. The standard InChI is InChI=1S/C18H28N4O3/c1-4-19-18(25)21-15-10-7-9-14(13-15)20-16(23)11-8-12-17(24)22(5-2)6-3/h7,9-10,13H,4-6,8,11-12H2,1-3H3,(H,20,23)(H2,19,21,25). The van der Waals surface area contributed by atoms with Crippen molar-refractivity contribution >= 4 is 29.2 Å². The van der Waals surface area contributed by atoms with Crippen LogP contribution in [-0.2, 0) is 9.59 Å². The number of nitrogens with one attached hydrogen (secondary N) is 3. The molecule has 0 atom stereocenters. The molecule has 0 spiro atoms. The van der Waals surface area contributed by atoms with Gasteiger partial charge in [0.25, 0.3) is 0 Å². The summed E-state index contributed by atoms with van der Waals surface area (Å²) in [4.78, 5) is 37.2. The fourth-order valence-electron chi connectivity index (χ4n) is 2.37. The van der Waals surface area contributed by atoms with Crippen molar-refractivity contribution in [1.29, 1.82) is 0 Å². The van der Waals surface area contributed by atoms with Gasteiger partial charge in [0, 0.05) is 43.9 Å². The molecule has 0 fully saturated rings. The van der Waals surface area contributed by atoms with Gasteiger partial charge in [-0.25, -0.2) is 4.79 Å². The van der Waals surface area contributed by atoms with Gasteiger partial charge in [0.05, 0.1) is 0 Å². The minimum Gasteiger partial charge on any atom is -0.343 e. The molecule has 7 heteroatoms. The lowest BCUT2D eigenvalue weighted by molar-refractivity contribution is -0.130. The average molecular weight is 348 g/mol. The molecule has 0 aliphatic carbocycles. The Hall–Kier alpha value is -2.57. The van der Waals surface area contributed by atoms with Crippen molar-refractivity contribution in [3.63, 3.8) is 0 Å². The van der Waals surface area contributed by atoms with E-state index < -0.39 is 0 Å². The Morgan fingerprint density at radius 1 is 0.960 bits per heavy atom. The highest BCUT2D eigenvalue weighted by Crippen LogP contribution is 2.15. The second-order valence-electron chi connectivity index (χ2n) is 5.53. The zero-order valence-corrected chi connectivity index (χ0v) is 15.2. The lowest BCUT2D eigenvalue weighted by Gasteiger charge is -2.18. The summed E-state index contributed by atoms with van der Waals surface area (Å²) in [5, 5.41) is 8.11. The molecule has 0 aliphatic rings. The highest BCUT2D eigenvalue weighted by Gasteiger charge is 2.10. The lowest BCUT2D eigenvalue weighted by atomic mass is 10.2. The number of urea groups is 1. The Bertz CT molecular complexity index is 585. The second kappa shape index (κ2) is 11.1. The fourth-order valence-corrected chi connectivity index (χ4v) is 2.37. The number of anilines is 2. The molecule has 0 saturated heterocycles. The van der Waals surface area contributed by atoms with Crippen molar-refractivity contribution in [3.05, 3.63) is 24.3 Å². The van der Waals surface area contributed by atoms with E-state index in [2.05, 4.69) is 16.0 Å². The third-order valence-electron chi connectivity index (χ3n) is 3.65. The van der Waals surface area contributed by atoms with Crippen molar-refractivity contribution in [2.75, 3.05) is 30.3 Å². The van der Waals surface area contributed by atoms with Crippen LogP contribution in [0.1, 0.15) is 40.0 Å². The number of carbonyl (C=O) groups is 3. The summed E-state index contributed by atoms with van der Waals surface area (Å²) in [7, 11) is 0. The number of rotatable bonds is 9. The Morgan fingerprint density at radius 3 is 2.20 bits per heavy atom. The summed E-state index contributed by atoms with van der Waals surface area (Å²) in [6, 6.07) is 6.64. The largest absolute Gasteiger partial charge is 0.343 e. The third-order valence-corrected chi connectivity index (χ3v) is 3.65. The summed E-state index contributed by atoms with van der Waals surface area (Å²) in [5.41, 5.74) is 1.20. The molecule has 0 aromatic heterocycles.